The highest BCUT2D eigenvalue weighted by atomic mass is 15.6. The number of rotatable bonds is 3. The Labute approximate surface area is 118 Å². The van der Waals surface area contributed by atoms with E-state index in [0.29, 0.717) is 5.95 Å². The van der Waals surface area contributed by atoms with Crippen LogP contribution >= 0.6 is 0 Å². The zero-order valence-electron chi connectivity index (χ0n) is 11.4. The normalized spacial score (nSPS) is 23.2. The molecule has 0 amide bonds. The highest BCUT2D eigenvalue weighted by Crippen LogP contribution is 2.20. The molecule has 0 bridgehead atoms. The number of benzene rings is 1. The molecule has 1 heterocycles. The molecule has 0 saturated heterocycles. The van der Waals surface area contributed by atoms with Gasteiger partial charge in [0.05, 0.1) is 5.69 Å². The fourth-order valence-electron chi connectivity index (χ4n) is 2.70. The molecule has 1 fully saturated rings. The van der Waals surface area contributed by atoms with E-state index in [1.165, 1.54) is 19.3 Å². The largest absolute Gasteiger partial charge is 0.348 e. The molecular weight excluding hydrogens is 252 g/mol. The maximum absolute atomic E-state index is 6.24. The van der Waals surface area contributed by atoms with Crippen LogP contribution in [0.1, 0.15) is 32.1 Å². The van der Waals surface area contributed by atoms with Gasteiger partial charge in [-0.05, 0) is 35.4 Å². The first-order valence-electron chi connectivity index (χ1n) is 7.20. The SMILES string of the molecule is NC1CCCCCC1Nc1nnnn1-c1ccccc1. The summed E-state index contributed by atoms with van der Waals surface area (Å²) in [5.74, 6) is 0.665. The molecule has 2 aromatic rings. The average Bonchev–Trinajstić information content (AvgIpc) is 2.85. The van der Waals surface area contributed by atoms with Crippen molar-refractivity contribution in [1.29, 1.82) is 0 Å². The van der Waals surface area contributed by atoms with Crippen LogP contribution in [0.2, 0.25) is 0 Å². The molecule has 0 radical (unpaired) electrons. The predicted octanol–water partition coefficient (Wildman–Crippen LogP) is 1.73. The lowest BCUT2D eigenvalue weighted by molar-refractivity contribution is 0.524. The molecule has 2 unspecified atom stereocenters. The second kappa shape index (κ2) is 6.00. The van der Waals surface area contributed by atoms with Gasteiger partial charge < -0.3 is 11.1 Å². The van der Waals surface area contributed by atoms with Crippen molar-refractivity contribution in [3.8, 4) is 5.69 Å². The molecular formula is C14H20N6. The summed E-state index contributed by atoms with van der Waals surface area (Å²) in [6.45, 7) is 0. The van der Waals surface area contributed by atoms with E-state index >= 15 is 0 Å². The molecule has 106 valence electrons. The molecule has 3 N–H and O–H groups in total. The molecule has 3 rings (SSSR count). The van der Waals surface area contributed by atoms with Gasteiger partial charge >= 0.3 is 0 Å². The minimum atomic E-state index is 0.165. The van der Waals surface area contributed by atoms with Gasteiger partial charge in [0.25, 0.3) is 0 Å². The van der Waals surface area contributed by atoms with Crippen molar-refractivity contribution >= 4 is 5.95 Å². The summed E-state index contributed by atoms with van der Waals surface area (Å²) in [5, 5.41) is 15.3. The standard InChI is InChI=1S/C14H20N6/c15-12-9-5-2-6-10-13(12)16-14-17-18-19-20(14)11-7-3-1-4-8-11/h1,3-4,7-8,12-13H,2,5-6,9-10,15H2,(H,16,17,19). The first-order chi connectivity index (χ1) is 9.84. The van der Waals surface area contributed by atoms with Gasteiger partial charge in [-0.3, -0.25) is 0 Å². The maximum Gasteiger partial charge on any atom is 0.248 e. The summed E-state index contributed by atoms with van der Waals surface area (Å²) in [7, 11) is 0. The van der Waals surface area contributed by atoms with Crippen molar-refractivity contribution in [3.63, 3.8) is 0 Å². The number of aromatic nitrogens is 4. The molecule has 20 heavy (non-hydrogen) atoms. The number of nitrogens with zero attached hydrogens (tertiary/aromatic N) is 4. The fourth-order valence-corrected chi connectivity index (χ4v) is 2.70. The number of para-hydroxylation sites is 1. The smallest absolute Gasteiger partial charge is 0.248 e. The van der Waals surface area contributed by atoms with Gasteiger partial charge in [-0.25, -0.2) is 0 Å². The third-order valence-electron chi connectivity index (χ3n) is 3.85. The Morgan fingerprint density at radius 1 is 1.10 bits per heavy atom. The van der Waals surface area contributed by atoms with Gasteiger partial charge in [-0.1, -0.05) is 42.6 Å². The molecule has 1 aromatic carbocycles. The molecule has 6 nitrogen and oxygen atoms in total. The quantitative estimate of drug-likeness (QED) is 0.832. The first kappa shape index (κ1) is 13.1. The van der Waals surface area contributed by atoms with Crippen molar-refractivity contribution < 1.29 is 0 Å². The van der Waals surface area contributed by atoms with Crippen molar-refractivity contribution in [1.82, 2.24) is 20.2 Å². The van der Waals surface area contributed by atoms with Crippen molar-refractivity contribution in [2.75, 3.05) is 5.32 Å². The maximum atomic E-state index is 6.24. The lowest BCUT2D eigenvalue weighted by Crippen LogP contribution is -2.40. The number of tetrazole rings is 1. The van der Waals surface area contributed by atoms with E-state index in [4.69, 9.17) is 5.73 Å². The van der Waals surface area contributed by atoms with Crippen molar-refractivity contribution in [2.24, 2.45) is 5.73 Å². The van der Waals surface area contributed by atoms with Gasteiger partial charge in [0.2, 0.25) is 5.95 Å². The third-order valence-corrected chi connectivity index (χ3v) is 3.85. The summed E-state index contributed by atoms with van der Waals surface area (Å²) >= 11 is 0. The zero-order valence-corrected chi connectivity index (χ0v) is 11.4. The van der Waals surface area contributed by atoms with Crippen LogP contribution in [0.15, 0.2) is 30.3 Å². The van der Waals surface area contributed by atoms with E-state index in [-0.39, 0.29) is 12.1 Å². The van der Waals surface area contributed by atoms with E-state index in [9.17, 15) is 0 Å². The topological polar surface area (TPSA) is 81.7 Å². The van der Waals surface area contributed by atoms with Gasteiger partial charge in [-0.2, -0.15) is 4.68 Å². The highest BCUT2D eigenvalue weighted by Gasteiger charge is 2.22. The molecule has 2 atom stereocenters. The Hall–Kier alpha value is -1.95. The van der Waals surface area contributed by atoms with Gasteiger partial charge in [0, 0.05) is 12.1 Å². The summed E-state index contributed by atoms with van der Waals surface area (Å²) in [6, 6.07) is 10.3. The van der Waals surface area contributed by atoms with Crippen LogP contribution in [0.25, 0.3) is 5.69 Å². The molecule has 1 aromatic heterocycles. The Balaban J connectivity index is 1.80. The van der Waals surface area contributed by atoms with Crippen LogP contribution in [0.3, 0.4) is 0 Å². The average molecular weight is 272 g/mol. The predicted molar refractivity (Wildman–Crippen MR) is 77.6 cm³/mol. The lowest BCUT2D eigenvalue weighted by atomic mass is 10.0. The monoisotopic (exact) mass is 272 g/mol. The molecule has 1 aliphatic rings. The van der Waals surface area contributed by atoms with Crippen molar-refractivity contribution in [3.05, 3.63) is 30.3 Å². The molecule has 0 aliphatic heterocycles. The molecule has 1 aliphatic carbocycles. The number of nitrogens with one attached hydrogen (secondary N) is 1. The molecule has 6 heteroatoms. The van der Waals surface area contributed by atoms with Gasteiger partial charge in [-0.15, -0.1) is 0 Å². The second-order valence-electron chi connectivity index (χ2n) is 5.30. The minimum absolute atomic E-state index is 0.165. The van der Waals surface area contributed by atoms with E-state index in [2.05, 4.69) is 20.8 Å². The Morgan fingerprint density at radius 3 is 2.75 bits per heavy atom. The number of hydrogen-bond donors (Lipinski definition) is 2. The van der Waals surface area contributed by atoms with Crippen LogP contribution < -0.4 is 11.1 Å². The number of anilines is 1. The third kappa shape index (κ3) is 2.80. The minimum Gasteiger partial charge on any atom is -0.348 e. The van der Waals surface area contributed by atoms with Crippen LogP contribution in [0.5, 0.6) is 0 Å². The van der Waals surface area contributed by atoms with Crippen LogP contribution in [0.4, 0.5) is 5.95 Å². The molecule has 1 saturated carbocycles. The van der Waals surface area contributed by atoms with Crippen LogP contribution in [0, 0.1) is 0 Å². The lowest BCUT2D eigenvalue weighted by Gasteiger charge is -2.22. The number of hydrogen-bond acceptors (Lipinski definition) is 5. The fraction of sp³-hybridized carbons (Fsp3) is 0.500. The summed E-state index contributed by atoms with van der Waals surface area (Å²) in [4.78, 5) is 0. The van der Waals surface area contributed by atoms with Crippen LogP contribution in [-0.4, -0.2) is 32.3 Å². The summed E-state index contributed by atoms with van der Waals surface area (Å²) < 4.78 is 1.72. The summed E-state index contributed by atoms with van der Waals surface area (Å²) in [6.07, 6.45) is 5.81. The van der Waals surface area contributed by atoms with Crippen LogP contribution in [-0.2, 0) is 0 Å². The van der Waals surface area contributed by atoms with E-state index < -0.39 is 0 Å². The number of nitrogens with two attached hydrogens (primary N) is 1. The summed E-state index contributed by atoms with van der Waals surface area (Å²) in [5.41, 5.74) is 7.19. The Kier molecular flexibility index (Phi) is 3.92. The van der Waals surface area contributed by atoms with Gasteiger partial charge in [0.1, 0.15) is 0 Å². The molecule has 0 spiro atoms. The second-order valence-corrected chi connectivity index (χ2v) is 5.30. The van der Waals surface area contributed by atoms with E-state index in [1.54, 1.807) is 4.68 Å². The zero-order chi connectivity index (χ0) is 13.8. The van der Waals surface area contributed by atoms with E-state index in [0.717, 1.165) is 18.5 Å². The first-order valence-corrected chi connectivity index (χ1v) is 7.20. The Bertz CT molecular complexity index is 538. The van der Waals surface area contributed by atoms with E-state index in [1.807, 2.05) is 30.3 Å². The van der Waals surface area contributed by atoms with Crippen molar-refractivity contribution in [2.45, 2.75) is 44.2 Å². The van der Waals surface area contributed by atoms with Gasteiger partial charge in [0.15, 0.2) is 0 Å². The highest BCUT2D eigenvalue weighted by molar-refractivity contribution is 5.39. The Morgan fingerprint density at radius 2 is 1.90 bits per heavy atom.